The van der Waals surface area contributed by atoms with Gasteiger partial charge in [0.15, 0.2) is 18.9 Å². The average Bonchev–Trinajstić information content (AvgIpc) is 2.51. The topological polar surface area (TPSA) is 25.1 Å². The summed E-state index contributed by atoms with van der Waals surface area (Å²) in [6.45, 7) is 3.02. The van der Waals surface area contributed by atoms with Crippen LogP contribution in [0.5, 0.6) is 5.75 Å². The monoisotopic (exact) mass is 269 g/mol. The second kappa shape index (κ2) is 6.53. The molecule has 1 aliphatic heterocycles. The van der Waals surface area contributed by atoms with Crippen LogP contribution in [0.2, 0.25) is 0 Å². The van der Waals surface area contributed by atoms with Crippen LogP contribution in [0.4, 0.5) is 0 Å². The second-order valence-corrected chi connectivity index (χ2v) is 5.26. The highest BCUT2D eigenvalue weighted by Gasteiger charge is 2.14. The van der Waals surface area contributed by atoms with Gasteiger partial charge in [-0.3, -0.25) is 0 Å². The summed E-state index contributed by atoms with van der Waals surface area (Å²) < 4.78 is 8.18. The Hall–Kier alpha value is -1.87. The summed E-state index contributed by atoms with van der Waals surface area (Å²) in [4.78, 5) is 0. The molecule has 2 aromatic rings. The fraction of sp³-hybridized carbons (Fsp3) is 0.353. The summed E-state index contributed by atoms with van der Waals surface area (Å²) >= 11 is 0. The Kier molecular flexibility index (Phi) is 4.28. The van der Waals surface area contributed by atoms with Crippen LogP contribution in [0, 0.1) is 0 Å². The summed E-state index contributed by atoms with van der Waals surface area (Å²) in [5.74, 6) is 0.973. The van der Waals surface area contributed by atoms with Gasteiger partial charge in [-0.05, 0) is 25.9 Å². The van der Waals surface area contributed by atoms with Gasteiger partial charge in [0.1, 0.15) is 11.9 Å². The van der Waals surface area contributed by atoms with Crippen molar-refractivity contribution in [3.05, 3.63) is 60.4 Å². The van der Waals surface area contributed by atoms with Crippen LogP contribution in [-0.4, -0.2) is 19.2 Å². The molecule has 0 aliphatic carbocycles. The van der Waals surface area contributed by atoms with Gasteiger partial charge in [-0.2, -0.15) is 0 Å². The fourth-order valence-electron chi connectivity index (χ4n) is 2.53. The minimum absolute atomic E-state index is 0.362. The third kappa shape index (κ3) is 3.58. The summed E-state index contributed by atoms with van der Waals surface area (Å²) in [6, 6.07) is 14.6. The molecule has 1 saturated heterocycles. The number of pyridine rings is 1. The molecule has 0 saturated carbocycles. The molecule has 1 N–H and O–H groups in total. The minimum atomic E-state index is 0.362. The molecule has 0 unspecified atom stereocenters. The number of nitrogens with zero attached hydrogens (tertiary/aromatic N) is 1. The van der Waals surface area contributed by atoms with Crippen molar-refractivity contribution in [1.29, 1.82) is 0 Å². The SMILES string of the molecule is c1ccc(C[n+]2ccc(OC3CCNCC3)cc2)cc1. The molecule has 3 nitrogen and oxygen atoms in total. The number of rotatable bonds is 4. The maximum atomic E-state index is 6.01. The smallest absolute Gasteiger partial charge is 0.173 e. The molecule has 1 aromatic carbocycles. The number of piperidine rings is 1. The van der Waals surface area contributed by atoms with Gasteiger partial charge in [0.05, 0.1) is 0 Å². The molecule has 104 valence electrons. The zero-order valence-electron chi connectivity index (χ0n) is 11.7. The Morgan fingerprint density at radius 3 is 2.40 bits per heavy atom. The van der Waals surface area contributed by atoms with Crippen molar-refractivity contribution in [1.82, 2.24) is 5.32 Å². The Bertz CT molecular complexity index is 518. The van der Waals surface area contributed by atoms with Gasteiger partial charge in [0.25, 0.3) is 0 Å². The van der Waals surface area contributed by atoms with E-state index in [1.54, 1.807) is 0 Å². The van der Waals surface area contributed by atoms with Gasteiger partial charge in [-0.25, -0.2) is 4.57 Å². The van der Waals surface area contributed by atoms with E-state index in [1.165, 1.54) is 5.56 Å². The molecule has 0 spiro atoms. The van der Waals surface area contributed by atoms with Crippen molar-refractivity contribution >= 4 is 0 Å². The van der Waals surface area contributed by atoms with Crippen LogP contribution in [0.15, 0.2) is 54.9 Å². The molecule has 20 heavy (non-hydrogen) atoms. The van der Waals surface area contributed by atoms with E-state index in [0.717, 1.165) is 38.2 Å². The summed E-state index contributed by atoms with van der Waals surface area (Å²) in [7, 11) is 0. The third-order valence-electron chi connectivity index (χ3n) is 3.66. The lowest BCUT2D eigenvalue weighted by Gasteiger charge is -2.23. The molecule has 3 heteroatoms. The summed E-state index contributed by atoms with van der Waals surface area (Å²) in [5.41, 5.74) is 1.31. The first kappa shape index (κ1) is 13.1. The van der Waals surface area contributed by atoms with Crippen molar-refractivity contribution in [3.63, 3.8) is 0 Å². The van der Waals surface area contributed by atoms with Crippen molar-refractivity contribution in [2.24, 2.45) is 0 Å². The standard InChI is InChI=1S/C17H21N2O/c1-2-4-15(5-3-1)14-19-12-8-17(9-13-19)20-16-6-10-18-11-7-16/h1-5,8-9,12-13,16,18H,6-7,10-11,14H2/q+1. The zero-order valence-corrected chi connectivity index (χ0v) is 11.7. The maximum Gasteiger partial charge on any atom is 0.173 e. The van der Waals surface area contributed by atoms with Crippen LogP contribution < -0.4 is 14.6 Å². The van der Waals surface area contributed by atoms with Crippen molar-refractivity contribution in [2.45, 2.75) is 25.5 Å². The van der Waals surface area contributed by atoms with Crippen LogP contribution >= 0.6 is 0 Å². The molecule has 0 amide bonds. The highest BCUT2D eigenvalue weighted by atomic mass is 16.5. The lowest BCUT2D eigenvalue weighted by Crippen LogP contribution is -2.35. The number of benzene rings is 1. The molecule has 0 atom stereocenters. The molecule has 3 rings (SSSR count). The van der Waals surface area contributed by atoms with E-state index < -0.39 is 0 Å². The lowest BCUT2D eigenvalue weighted by molar-refractivity contribution is -0.688. The van der Waals surface area contributed by atoms with Gasteiger partial charge in [-0.1, -0.05) is 30.3 Å². The van der Waals surface area contributed by atoms with E-state index in [0.29, 0.717) is 6.10 Å². The molecule has 0 bridgehead atoms. The van der Waals surface area contributed by atoms with Gasteiger partial charge in [-0.15, -0.1) is 0 Å². The summed E-state index contributed by atoms with van der Waals surface area (Å²) in [5, 5.41) is 3.35. The number of nitrogens with one attached hydrogen (secondary N) is 1. The number of hydrogen-bond donors (Lipinski definition) is 1. The highest BCUT2D eigenvalue weighted by Crippen LogP contribution is 2.14. The normalized spacial score (nSPS) is 16.0. The van der Waals surface area contributed by atoms with Crippen LogP contribution in [0.1, 0.15) is 18.4 Å². The molecule has 1 fully saturated rings. The Labute approximate surface area is 120 Å². The molecular formula is C17H21N2O+. The van der Waals surface area contributed by atoms with Crippen molar-refractivity contribution < 1.29 is 9.30 Å². The number of ether oxygens (including phenoxy) is 1. The van der Waals surface area contributed by atoms with Crippen LogP contribution in [0.25, 0.3) is 0 Å². The van der Waals surface area contributed by atoms with E-state index in [-0.39, 0.29) is 0 Å². The third-order valence-corrected chi connectivity index (χ3v) is 3.66. The first-order valence-corrected chi connectivity index (χ1v) is 7.30. The Morgan fingerprint density at radius 2 is 1.70 bits per heavy atom. The molecule has 1 aliphatic rings. The van der Waals surface area contributed by atoms with Crippen molar-refractivity contribution in [2.75, 3.05) is 13.1 Å². The maximum absolute atomic E-state index is 6.01. The van der Waals surface area contributed by atoms with Crippen molar-refractivity contribution in [3.8, 4) is 5.75 Å². The predicted octanol–water partition coefficient (Wildman–Crippen LogP) is 2.15. The first-order valence-electron chi connectivity index (χ1n) is 7.30. The predicted molar refractivity (Wildman–Crippen MR) is 78.7 cm³/mol. The van der Waals surface area contributed by atoms with Gasteiger partial charge in [0.2, 0.25) is 0 Å². The van der Waals surface area contributed by atoms with Crippen LogP contribution in [-0.2, 0) is 6.54 Å². The van der Waals surface area contributed by atoms with E-state index in [4.69, 9.17) is 4.74 Å². The first-order chi connectivity index (χ1) is 9.90. The Balaban J connectivity index is 1.59. The highest BCUT2D eigenvalue weighted by molar-refractivity contribution is 5.16. The summed E-state index contributed by atoms with van der Waals surface area (Å²) in [6.07, 6.45) is 6.73. The van der Waals surface area contributed by atoms with Gasteiger partial charge >= 0.3 is 0 Å². The largest absolute Gasteiger partial charge is 0.490 e. The minimum Gasteiger partial charge on any atom is -0.490 e. The zero-order chi connectivity index (χ0) is 13.6. The number of aromatic nitrogens is 1. The van der Waals surface area contributed by atoms with E-state index in [1.807, 2.05) is 6.07 Å². The Morgan fingerprint density at radius 1 is 1.00 bits per heavy atom. The van der Waals surface area contributed by atoms with E-state index >= 15 is 0 Å². The average molecular weight is 269 g/mol. The van der Waals surface area contributed by atoms with E-state index in [9.17, 15) is 0 Å². The second-order valence-electron chi connectivity index (χ2n) is 5.26. The molecule has 1 aromatic heterocycles. The van der Waals surface area contributed by atoms with Crippen LogP contribution in [0.3, 0.4) is 0 Å². The lowest BCUT2D eigenvalue weighted by atomic mass is 10.1. The molecular weight excluding hydrogens is 248 g/mol. The quantitative estimate of drug-likeness (QED) is 0.860. The molecule has 2 heterocycles. The fourth-order valence-corrected chi connectivity index (χ4v) is 2.53. The molecule has 0 radical (unpaired) electrons. The van der Waals surface area contributed by atoms with Gasteiger partial charge in [0, 0.05) is 17.7 Å². The number of hydrogen-bond acceptors (Lipinski definition) is 2. The van der Waals surface area contributed by atoms with E-state index in [2.05, 4.69) is 58.7 Å². The van der Waals surface area contributed by atoms with Gasteiger partial charge < -0.3 is 10.1 Å².